The molecule has 0 spiro atoms. The van der Waals surface area contributed by atoms with E-state index in [0.717, 1.165) is 10.5 Å². The van der Waals surface area contributed by atoms with Crippen molar-refractivity contribution in [3.8, 4) is 17.6 Å². The molecule has 1 aliphatic rings. The molecule has 4 rings (SSSR count). The average Bonchev–Trinajstić information content (AvgIpc) is 3.12. The SMILES string of the molecule is CCOc1cc(/C=C2/NC(=O)N(c3ccccc3)C2=O)ccc1OCc1ccccc1C#N. The van der Waals surface area contributed by atoms with Crippen LogP contribution in [-0.2, 0) is 11.4 Å². The number of hydrogen-bond acceptors (Lipinski definition) is 5. The molecule has 0 aliphatic carbocycles. The Hall–Kier alpha value is -4.57. The first kappa shape index (κ1) is 21.7. The molecule has 7 nitrogen and oxygen atoms in total. The summed E-state index contributed by atoms with van der Waals surface area (Å²) in [6.07, 6.45) is 1.60. The number of carbonyl (C=O) groups excluding carboxylic acids is 2. The molecule has 0 unspecified atom stereocenters. The number of ether oxygens (including phenoxy) is 2. The molecular weight excluding hydrogens is 418 g/mol. The van der Waals surface area contributed by atoms with Crippen LogP contribution in [0.4, 0.5) is 10.5 Å². The summed E-state index contributed by atoms with van der Waals surface area (Å²) in [6.45, 7) is 2.49. The quantitative estimate of drug-likeness (QED) is 0.428. The van der Waals surface area contributed by atoms with Crippen molar-refractivity contribution in [1.82, 2.24) is 5.32 Å². The highest BCUT2D eigenvalue weighted by Crippen LogP contribution is 2.31. The van der Waals surface area contributed by atoms with Gasteiger partial charge < -0.3 is 14.8 Å². The second-order valence-electron chi connectivity index (χ2n) is 7.16. The van der Waals surface area contributed by atoms with Gasteiger partial charge >= 0.3 is 6.03 Å². The summed E-state index contributed by atoms with van der Waals surface area (Å²) < 4.78 is 11.6. The number of amides is 3. The molecule has 3 amide bonds. The van der Waals surface area contributed by atoms with Crippen molar-refractivity contribution in [3.05, 3.63) is 95.2 Å². The number of hydrogen-bond donors (Lipinski definition) is 1. The summed E-state index contributed by atoms with van der Waals surface area (Å²) >= 11 is 0. The normalized spacial score (nSPS) is 14.2. The van der Waals surface area contributed by atoms with Gasteiger partial charge in [0.05, 0.1) is 23.9 Å². The molecule has 1 N–H and O–H groups in total. The van der Waals surface area contributed by atoms with Crippen LogP contribution in [0.25, 0.3) is 6.08 Å². The van der Waals surface area contributed by atoms with Crippen LogP contribution in [0.5, 0.6) is 11.5 Å². The van der Waals surface area contributed by atoms with E-state index in [4.69, 9.17) is 9.47 Å². The predicted molar refractivity (Wildman–Crippen MR) is 124 cm³/mol. The van der Waals surface area contributed by atoms with Crippen molar-refractivity contribution in [2.75, 3.05) is 11.5 Å². The van der Waals surface area contributed by atoms with E-state index in [-0.39, 0.29) is 12.3 Å². The van der Waals surface area contributed by atoms with Crippen molar-refractivity contribution >= 4 is 23.7 Å². The molecule has 7 heteroatoms. The van der Waals surface area contributed by atoms with E-state index in [2.05, 4.69) is 11.4 Å². The second kappa shape index (κ2) is 9.71. The Balaban J connectivity index is 1.56. The van der Waals surface area contributed by atoms with Crippen LogP contribution in [-0.4, -0.2) is 18.5 Å². The smallest absolute Gasteiger partial charge is 0.333 e. The standard InChI is InChI=1S/C26H21N3O4/c1-2-32-24-15-18(12-13-23(24)33-17-20-9-7-6-8-19(20)16-27)14-22-25(30)29(26(31)28-22)21-10-4-3-5-11-21/h3-15H,2,17H2,1H3,(H,28,31)/b22-14+. The van der Waals surface area contributed by atoms with E-state index in [0.29, 0.717) is 34.9 Å². The Morgan fingerprint density at radius 1 is 0.970 bits per heavy atom. The zero-order chi connectivity index (χ0) is 23.2. The molecule has 1 aliphatic heterocycles. The van der Waals surface area contributed by atoms with Crippen LogP contribution in [0.15, 0.2) is 78.5 Å². The van der Waals surface area contributed by atoms with Crippen molar-refractivity contribution in [1.29, 1.82) is 5.26 Å². The van der Waals surface area contributed by atoms with Gasteiger partial charge in [0.2, 0.25) is 0 Å². The largest absolute Gasteiger partial charge is 0.490 e. The van der Waals surface area contributed by atoms with Crippen molar-refractivity contribution in [2.45, 2.75) is 13.5 Å². The Morgan fingerprint density at radius 3 is 2.48 bits per heavy atom. The third-order valence-electron chi connectivity index (χ3n) is 4.99. The van der Waals surface area contributed by atoms with Gasteiger partial charge in [-0.2, -0.15) is 5.26 Å². The minimum Gasteiger partial charge on any atom is -0.490 e. The van der Waals surface area contributed by atoms with Gasteiger partial charge in [-0.1, -0.05) is 42.5 Å². The van der Waals surface area contributed by atoms with Crippen molar-refractivity contribution in [2.24, 2.45) is 0 Å². The lowest BCUT2D eigenvalue weighted by atomic mass is 10.1. The molecular formula is C26H21N3O4. The number of rotatable bonds is 7. The molecule has 0 radical (unpaired) electrons. The predicted octanol–water partition coefficient (Wildman–Crippen LogP) is 4.63. The lowest BCUT2D eigenvalue weighted by Crippen LogP contribution is -2.30. The monoisotopic (exact) mass is 439 g/mol. The molecule has 1 heterocycles. The second-order valence-corrected chi connectivity index (χ2v) is 7.16. The summed E-state index contributed by atoms with van der Waals surface area (Å²) in [6, 6.07) is 22.9. The Kier molecular flexibility index (Phi) is 6.37. The van der Waals surface area contributed by atoms with Crippen LogP contribution < -0.4 is 19.7 Å². The summed E-state index contributed by atoms with van der Waals surface area (Å²) in [5.41, 5.74) is 2.66. The Bertz CT molecular complexity index is 1260. The van der Waals surface area contributed by atoms with Crippen molar-refractivity contribution in [3.63, 3.8) is 0 Å². The Labute approximate surface area is 191 Å². The number of urea groups is 1. The lowest BCUT2D eigenvalue weighted by molar-refractivity contribution is -0.113. The highest BCUT2D eigenvalue weighted by atomic mass is 16.5. The lowest BCUT2D eigenvalue weighted by Gasteiger charge is -2.13. The van der Waals surface area contributed by atoms with Crippen LogP contribution in [0, 0.1) is 11.3 Å². The maximum absolute atomic E-state index is 12.8. The first-order chi connectivity index (χ1) is 16.1. The third kappa shape index (κ3) is 4.70. The van der Waals surface area contributed by atoms with E-state index in [1.807, 2.05) is 25.1 Å². The number of nitrogens with one attached hydrogen (secondary N) is 1. The number of nitriles is 1. The van der Waals surface area contributed by atoms with Crippen LogP contribution in [0.2, 0.25) is 0 Å². The molecule has 0 atom stereocenters. The fraction of sp³-hybridized carbons (Fsp3) is 0.115. The highest BCUT2D eigenvalue weighted by Gasteiger charge is 2.34. The number of benzene rings is 3. The van der Waals surface area contributed by atoms with Gasteiger partial charge in [-0.3, -0.25) is 4.79 Å². The minimum absolute atomic E-state index is 0.169. The molecule has 3 aromatic carbocycles. The van der Waals surface area contributed by atoms with Crippen LogP contribution in [0.1, 0.15) is 23.6 Å². The first-order valence-electron chi connectivity index (χ1n) is 10.4. The van der Waals surface area contributed by atoms with Gasteiger partial charge in [-0.25, -0.2) is 9.69 Å². The van der Waals surface area contributed by atoms with Gasteiger partial charge in [0.1, 0.15) is 12.3 Å². The zero-order valence-corrected chi connectivity index (χ0v) is 17.9. The number of para-hydroxylation sites is 1. The summed E-state index contributed by atoms with van der Waals surface area (Å²) in [4.78, 5) is 26.3. The first-order valence-corrected chi connectivity index (χ1v) is 10.4. The van der Waals surface area contributed by atoms with Gasteiger partial charge in [0, 0.05) is 5.56 Å². The van der Waals surface area contributed by atoms with Gasteiger partial charge in [-0.15, -0.1) is 0 Å². The van der Waals surface area contributed by atoms with Gasteiger partial charge in [-0.05, 0) is 48.9 Å². The fourth-order valence-corrected chi connectivity index (χ4v) is 3.43. The minimum atomic E-state index is -0.501. The van der Waals surface area contributed by atoms with Gasteiger partial charge in [0.25, 0.3) is 5.91 Å². The molecule has 1 saturated heterocycles. The molecule has 3 aromatic rings. The average molecular weight is 439 g/mol. The van der Waals surface area contributed by atoms with E-state index in [1.165, 1.54) is 0 Å². The molecule has 0 aromatic heterocycles. The Morgan fingerprint density at radius 2 is 1.73 bits per heavy atom. The number of anilines is 1. The molecule has 164 valence electrons. The number of imide groups is 1. The van der Waals surface area contributed by atoms with E-state index >= 15 is 0 Å². The van der Waals surface area contributed by atoms with Crippen LogP contribution >= 0.6 is 0 Å². The fourth-order valence-electron chi connectivity index (χ4n) is 3.43. The van der Waals surface area contributed by atoms with Crippen LogP contribution in [0.3, 0.4) is 0 Å². The van der Waals surface area contributed by atoms with E-state index in [1.54, 1.807) is 60.7 Å². The summed E-state index contributed by atoms with van der Waals surface area (Å²) in [5, 5.41) is 11.9. The highest BCUT2D eigenvalue weighted by molar-refractivity contribution is 6.28. The van der Waals surface area contributed by atoms with Crippen molar-refractivity contribution < 1.29 is 19.1 Å². The number of carbonyl (C=O) groups is 2. The maximum atomic E-state index is 12.8. The number of nitrogens with zero attached hydrogens (tertiary/aromatic N) is 2. The third-order valence-corrected chi connectivity index (χ3v) is 4.99. The van der Waals surface area contributed by atoms with Gasteiger partial charge in [0.15, 0.2) is 11.5 Å². The zero-order valence-electron chi connectivity index (χ0n) is 17.9. The topological polar surface area (TPSA) is 91.7 Å². The summed E-state index contributed by atoms with van der Waals surface area (Å²) in [7, 11) is 0. The molecule has 0 saturated carbocycles. The molecule has 0 bridgehead atoms. The maximum Gasteiger partial charge on any atom is 0.333 e. The summed E-state index contributed by atoms with van der Waals surface area (Å²) in [5.74, 6) is 0.579. The van der Waals surface area contributed by atoms with E-state index < -0.39 is 11.9 Å². The van der Waals surface area contributed by atoms with E-state index in [9.17, 15) is 14.9 Å². The molecule has 33 heavy (non-hydrogen) atoms. The molecule has 1 fully saturated rings.